The van der Waals surface area contributed by atoms with Crippen LogP contribution < -0.4 is 0 Å². The van der Waals surface area contributed by atoms with E-state index in [0.29, 0.717) is 12.4 Å². The molecule has 11 heavy (non-hydrogen) atoms. The summed E-state index contributed by atoms with van der Waals surface area (Å²) < 4.78 is 5.11. The number of hydrogen-bond acceptors (Lipinski definition) is 3. The lowest BCUT2D eigenvalue weighted by Gasteiger charge is -2.17. The van der Waals surface area contributed by atoms with Gasteiger partial charge in [-0.05, 0) is 0 Å². The molecule has 0 spiro atoms. The molecule has 1 fully saturated rings. The third kappa shape index (κ3) is 1.36. The molecule has 0 bridgehead atoms. The molecule has 1 aliphatic heterocycles. The van der Waals surface area contributed by atoms with Gasteiger partial charge in [-0.1, -0.05) is 13.8 Å². The van der Waals surface area contributed by atoms with Crippen LogP contribution in [0.3, 0.4) is 0 Å². The Morgan fingerprint density at radius 2 is 2.45 bits per heavy atom. The van der Waals surface area contributed by atoms with E-state index in [9.17, 15) is 5.11 Å². The number of nitriles is 1. The highest BCUT2D eigenvalue weighted by Crippen LogP contribution is 2.33. The molecular formula is C8H11NO2. The van der Waals surface area contributed by atoms with Crippen LogP contribution >= 0.6 is 0 Å². The highest BCUT2D eigenvalue weighted by molar-refractivity contribution is 5.17. The molecule has 0 radical (unpaired) electrons. The van der Waals surface area contributed by atoms with E-state index in [1.807, 2.05) is 19.9 Å². The number of ether oxygens (including phenoxy) is 1. The molecule has 0 aliphatic carbocycles. The van der Waals surface area contributed by atoms with Crippen LogP contribution in [0, 0.1) is 16.7 Å². The van der Waals surface area contributed by atoms with Crippen molar-refractivity contribution in [2.75, 3.05) is 6.61 Å². The van der Waals surface area contributed by atoms with Crippen molar-refractivity contribution >= 4 is 0 Å². The zero-order chi connectivity index (χ0) is 8.48. The Labute approximate surface area is 65.9 Å². The molecular weight excluding hydrogens is 142 g/mol. The SMILES string of the molecule is CC1(C)CO/C(=C\C#N)[C@@H]1O. The second-order valence-corrected chi connectivity index (χ2v) is 3.36. The molecule has 3 nitrogen and oxygen atoms in total. The van der Waals surface area contributed by atoms with Crippen molar-refractivity contribution in [3.05, 3.63) is 11.8 Å². The van der Waals surface area contributed by atoms with Crippen LogP contribution in [0.4, 0.5) is 0 Å². The number of allylic oxidation sites excluding steroid dienone is 1. The maximum Gasteiger partial charge on any atom is 0.136 e. The lowest BCUT2D eigenvalue weighted by molar-refractivity contribution is 0.111. The quantitative estimate of drug-likeness (QED) is 0.524. The maximum atomic E-state index is 9.50. The number of rotatable bonds is 0. The Hall–Kier alpha value is -1.01. The standard InChI is InChI=1S/C8H11NO2/c1-8(2)5-11-6(3-4-9)7(8)10/h3,7,10H,5H2,1-2H3/b6-3-/t7-/m0/s1. The minimum Gasteiger partial charge on any atom is -0.494 e. The fourth-order valence-electron chi connectivity index (χ4n) is 0.997. The Morgan fingerprint density at radius 3 is 2.82 bits per heavy atom. The molecule has 1 N–H and O–H groups in total. The van der Waals surface area contributed by atoms with Crippen molar-refractivity contribution < 1.29 is 9.84 Å². The lowest BCUT2D eigenvalue weighted by Crippen LogP contribution is -2.25. The lowest BCUT2D eigenvalue weighted by atomic mass is 9.89. The largest absolute Gasteiger partial charge is 0.494 e. The Bertz CT molecular complexity index is 225. The van der Waals surface area contributed by atoms with Gasteiger partial charge >= 0.3 is 0 Å². The van der Waals surface area contributed by atoms with Crippen molar-refractivity contribution in [2.45, 2.75) is 20.0 Å². The number of hydrogen-bond donors (Lipinski definition) is 1. The molecule has 1 rings (SSSR count). The van der Waals surface area contributed by atoms with E-state index in [2.05, 4.69) is 0 Å². The molecule has 0 aromatic carbocycles. The van der Waals surface area contributed by atoms with E-state index in [1.165, 1.54) is 6.08 Å². The van der Waals surface area contributed by atoms with Crippen LogP contribution in [0.15, 0.2) is 11.8 Å². The Morgan fingerprint density at radius 1 is 1.82 bits per heavy atom. The van der Waals surface area contributed by atoms with Crippen molar-refractivity contribution in [1.29, 1.82) is 5.26 Å². The molecule has 3 heteroatoms. The molecule has 0 saturated carbocycles. The Balaban J connectivity index is 2.81. The normalized spacial score (nSPS) is 31.5. The van der Waals surface area contributed by atoms with E-state index in [4.69, 9.17) is 10.00 Å². The average molecular weight is 153 g/mol. The minimum absolute atomic E-state index is 0.261. The van der Waals surface area contributed by atoms with Crippen molar-refractivity contribution in [3.63, 3.8) is 0 Å². The van der Waals surface area contributed by atoms with E-state index in [1.54, 1.807) is 0 Å². The maximum absolute atomic E-state index is 9.50. The predicted molar refractivity (Wildman–Crippen MR) is 39.4 cm³/mol. The molecule has 0 unspecified atom stereocenters. The van der Waals surface area contributed by atoms with Gasteiger partial charge in [0.15, 0.2) is 0 Å². The zero-order valence-corrected chi connectivity index (χ0v) is 6.66. The van der Waals surface area contributed by atoms with Gasteiger partial charge in [0.2, 0.25) is 0 Å². The molecule has 1 aliphatic rings. The summed E-state index contributed by atoms with van der Waals surface area (Å²) in [5, 5.41) is 17.8. The van der Waals surface area contributed by atoms with E-state index < -0.39 is 6.10 Å². The smallest absolute Gasteiger partial charge is 0.136 e. The molecule has 1 saturated heterocycles. The van der Waals surface area contributed by atoms with Crippen molar-refractivity contribution in [2.24, 2.45) is 5.41 Å². The monoisotopic (exact) mass is 153 g/mol. The first-order chi connectivity index (χ1) is 5.08. The van der Waals surface area contributed by atoms with Gasteiger partial charge in [-0.3, -0.25) is 0 Å². The highest BCUT2D eigenvalue weighted by Gasteiger charge is 2.38. The minimum atomic E-state index is -0.637. The van der Waals surface area contributed by atoms with Crippen LogP contribution in [-0.4, -0.2) is 17.8 Å². The van der Waals surface area contributed by atoms with Gasteiger partial charge in [0.1, 0.15) is 11.9 Å². The summed E-state index contributed by atoms with van der Waals surface area (Å²) in [6.45, 7) is 4.27. The predicted octanol–water partition coefficient (Wildman–Crippen LogP) is 0.811. The first-order valence-corrected chi connectivity index (χ1v) is 3.48. The summed E-state index contributed by atoms with van der Waals surface area (Å²) >= 11 is 0. The molecule has 1 heterocycles. The molecule has 0 aromatic rings. The summed E-state index contributed by atoms with van der Waals surface area (Å²) in [6.07, 6.45) is 0.613. The van der Waals surface area contributed by atoms with Gasteiger partial charge in [-0.25, -0.2) is 0 Å². The summed E-state index contributed by atoms with van der Waals surface area (Å²) in [4.78, 5) is 0. The molecule has 0 amide bonds. The van der Waals surface area contributed by atoms with Gasteiger partial charge in [0, 0.05) is 5.41 Å². The van der Waals surface area contributed by atoms with E-state index >= 15 is 0 Å². The fourth-order valence-corrected chi connectivity index (χ4v) is 0.997. The molecule has 0 aromatic heterocycles. The summed E-state index contributed by atoms with van der Waals surface area (Å²) in [6, 6.07) is 1.83. The average Bonchev–Trinajstić information content (AvgIpc) is 2.17. The second-order valence-electron chi connectivity index (χ2n) is 3.36. The summed E-state index contributed by atoms with van der Waals surface area (Å²) in [5.74, 6) is 0.387. The number of aliphatic hydroxyl groups is 1. The topological polar surface area (TPSA) is 53.2 Å². The molecule has 60 valence electrons. The van der Waals surface area contributed by atoms with E-state index in [-0.39, 0.29) is 5.41 Å². The van der Waals surface area contributed by atoms with Crippen LogP contribution in [0.25, 0.3) is 0 Å². The van der Waals surface area contributed by atoms with Crippen LogP contribution in [0.1, 0.15) is 13.8 Å². The van der Waals surface area contributed by atoms with Crippen LogP contribution in [0.2, 0.25) is 0 Å². The second kappa shape index (κ2) is 2.55. The fraction of sp³-hybridized carbons (Fsp3) is 0.625. The van der Waals surface area contributed by atoms with Gasteiger partial charge in [-0.2, -0.15) is 5.26 Å². The van der Waals surface area contributed by atoms with E-state index in [0.717, 1.165) is 0 Å². The first kappa shape index (κ1) is 8.09. The molecule has 1 atom stereocenters. The zero-order valence-electron chi connectivity index (χ0n) is 6.66. The highest BCUT2D eigenvalue weighted by atomic mass is 16.5. The van der Waals surface area contributed by atoms with Crippen LogP contribution in [-0.2, 0) is 4.74 Å². The number of nitrogens with zero attached hydrogens (tertiary/aromatic N) is 1. The Kier molecular flexibility index (Phi) is 1.88. The van der Waals surface area contributed by atoms with Gasteiger partial charge in [0.25, 0.3) is 0 Å². The summed E-state index contributed by atoms with van der Waals surface area (Å²) in [7, 11) is 0. The van der Waals surface area contributed by atoms with Gasteiger partial charge in [-0.15, -0.1) is 0 Å². The van der Waals surface area contributed by atoms with Crippen molar-refractivity contribution in [3.8, 4) is 6.07 Å². The number of aliphatic hydroxyl groups excluding tert-OH is 1. The third-order valence-electron chi connectivity index (χ3n) is 1.83. The van der Waals surface area contributed by atoms with Crippen LogP contribution in [0.5, 0.6) is 0 Å². The first-order valence-electron chi connectivity index (χ1n) is 3.48. The van der Waals surface area contributed by atoms with Gasteiger partial charge in [0.05, 0.1) is 18.8 Å². The third-order valence-corrected chi connectivity index (χ3v) is 1.83. The van der Waals surface area contributed by atoms with Gasteiger partial charge < -0.3 is 9.84 Å². The summed E-state index contributed by atoms with van der Waals surface area (Å²) in [5.41, 5.74) is -0.261. The van der Waals surface area contributed by atoms with Crippen molar-refractivity contribution in [1.82, 2.24) is 0 Å².